The first-order valence-corrected chi connectivity index (χ1v) is 7.12. The fourth-order valence-electron chi connectivity index (χ4n) is 2.47. The van der Waals surface area contributed by atoms with Gasteiger partial charge >= 0.3 is 0 Å². The molecule has 20 heavy (non-hydrogen) atoms. The second-order valence-corrected chi connectivity index (χ2v) is 5.06. The average molecular weight is 290 g/mol. The van der Waals surface area contributed by atoms with E-state index in [0.29, 0.717) is 11.8 Å². The topological polar surface area (TPSA) is 38.2 Å². The van der Waals surface area contributed by atoms with Crippen LogP contribution in [0.4, 0.5) is 5.82 Å². The van der Waals surface area contributed by atoms with Crippen molar-refractivity contribution in [3.8, 4) is 5.75 Å². The molecule has 2 aromatic rings. The number of nitrogens with zero attached hydrogens (tertiary/aromatic N) is 3. The van der Waals surface area contributed by atoms with Gasteiger partial charge < -0.3 is 9.64 Å². The van der Waals surface area contributed by atoms with E-state index < -0.39 is 0 Å². The average Bonchev–Trinajstić information content (AvgIpc) is 2.69. The minimum Gasteiger partial charge on any atom is -0.491 e. The smallest absolute Gasteiger partial charge is 0.137 e. The van der Waals surface area contributed by atoms with E-state index in [4.69, 9.17) is 16.3 Å². The molecule has 104 valence electrons. The summed E-state index contributed by atoms with van der Waals surface area (Å²) >= 11 is 6.18. The zero-order valence-corrected chi connectivity index (χ0v) is 12.1. The Labute approximate surface area is 123 Å². The molecule has 0 amide bonds. The van der Waals surface area contributed by atoms with Crippen LogP contribution in [-0.4, -0.2) is 23.1 Å². The fourth-order valence-corrected chi connectivity index (χ4v) is 2.73. The van der Waals surface area contributed by atoms with Gasteiger partial charge in [-0.25, -0.2) is 9.97 Å². The normalized spacial score (nSPS) is 14.4. The third-order valence-electron chi connectivity index (χ3n) is 3.48. The molecule has 0 N–H and O–H groups in total. The second kappa shape index (κ2) is 5.67. The first kappa shape index (κ1) is 13.2. The molecule has 0 saturated carbocycles. The van der Waals surface area contributed by atoms with E-state index in [9.17, 15) is 0 Å². The molecule has 3 rings (SSSR count). The van der Waals surface area contributed by atoms with Crippen LogP contribution in [0.1, 0.15) is 18.1 Å². The van der Waals surface area contributed by atoms with Crippen molar-refractivity contribution in [1.29, 1.82) is 0 Å². The van der Waals surface area contributed by atoms with E-state index in [1.807, 2.05) is 18.2 Å². The summed E-state index contributed by atoms with van der Waals surface area (Å²) < 4.78 is 5.79. The molecule has 1 aliphatic rings. The Balaban J connectivity index is 1.98. The van der Waals surface area contributed by atoms with Crippen LogP contribution in [0.25, 0.3) is 0 Å². The molecule has 4 nitrogen and oxygen atoms in total. The number of anilines is 1. The van der Waals surface area contributed by atoms with Gasteiger partial charge in [0.15, 0.2) is 0 Å². The molecule has 0 aliphatic carbocycles. The Kier molecular flexibility index (Phi) is 3.74. The first-order valence-electron chi connectivity index (χ1n) is 6.74. The molecule has 0 saturated heterocycles. The number of ether oxygens (including phenoxy) is 1. The molecule has 0 bridgehead atoms. The summed E-state index contributed by atoms with van der Waals surface area (Å²) in [6.07, 6.45) is 2.34. The van der Waals surface area contributed by atoms with Crippen molar-refractivity contribution in [2.75, 3.05) is 18.1 Å². The van der Waals surface area contributed by atoms with Crippen molar-refractivity contribution in [2.45, 2.75) is 19.9 Å². The Morgan fingerprint density at radius 2 is 2.15 bits per heavy atom. The molecular weight excluding hydrogens is 274 g/mol. The van der Waals surface area contributed by atoms with Crippen LogP contribution in [-0.2, 0) is 13.0 Å². The molecule has 1 aromatic carbocycles. The number of halogens is 1. The van der Waals surface area contributed by atoms with Crippen LogP contribution in [0.15, 0.2) is 30.6 Å². The van der Waals surface area contributed by atoms with Crippen LogP contribution in [0.3, 0.4) is 0 Å². The van der Waals surface area contributed by atoms with Crippen molar-refractivity contribution in [2.24, 2.45) is 0 Å². The molecule has 0 fully saturated rings. The quantitative estimate of drug-likeness (QED) is 0.796. The Morgan fingerprint density at radius 1 is 1.30 bits per heavy atom. The molecule has 1 aliphatic heterocycles. The van der Waals surface area contributed by atoms with Crippen LogP contribution in [0, 0.1) is 0 Å². The van der Waals surface area contributed by atoms with Crippen molar-refractivity contribution in [3.05, 3.63) is 46.9 Å². The van der Waals surface area contributed by atoms with Gasteiger partial charge in [0.25, 0.3) is 0 Å². The van der Waals surface area contributed by atoms with E-state index in [2.05, 4.69) is 27.9 Å². The predicted octanol–water partition coefficient (Wildman–Crippen LogP) is 3.09. The van der Waals surface area contributed by atoms with Gasteiger partial charge in [-0.3, -0.25) is 0 Å². The Hall–Kier alpha value is -1.81. The number of rotatable bonds is 2. The highest BCUT2D eigenvalue weighted by molar-refractivity contribution is 6.30. The van der Waals surface area contributed by atoms with Gasteiger partial charge in [0.05, 0.1) is 6.54 Å². The van der Waals surface area contributed by atoms with Crippen molar-refractivity contribution in [1.82, 2.24) is 9.97 Å². The molecule has 1 aromatic heterocycles. The number of aromatic nitrogens is 2. The molecular formula is C15H16ClN3O. The third kappa shape index (κ3) is 2.43. The van der Waals surface area contributed by atoms with Crippen LogP contribution in [0.5, 0.6) is 5.75 Å². The number of hydrogen-bond donors (Lipinski definition) is 0. The second-order valence-electron chi connectivity index (χ2n) is 4.70. The van der Waals surface area contributed by atoms with E-state index >= 15 is 0 Å². The third-order valence-corrected chi connectivity index (χ3v) is 3.80. The number of hydrogen-bond acceptors (Lipinski definition) is 4. The number of para-hydroxylation sites is 1. The van der Waals surface area contributed by atoms with E-state index in [1.165, 1.54) is 11.9 Å². The van der Waals surface area contributed by atoms with Crippen LogP contribution in [0.2, 0.25) is 5.15 Å². The minimum atomic E-state index is 0.538. The van der Waals surface area contributed by atoms with Crippen molar-refractivity contribution >= 4 is 17.4 Å². The van der Waals surface area contributed by atoms with E-state index in [1.54, 1.807) is 0 Å². The van der Waals surface area contributed by atoms with Gasteiger partial charge in [-0.05, 0) is 12.5 Å². The maximum Gasteiger partial charge on any atom is 0.137 e. The van der Waals surface area contributed by atoms with Gasteiger partial charge in [-0.2, -0.15) is 0 Å². The van der Waals surface area contributed by atoms with Crippen molar-refractivity contribution < 1.29 is 4.74 Å². The largest absolute Gasteiger partial charge is 0.491 e. The highest BCUT2D eigenvalue weighted by Gasteiger charge is 2.19. The predicted molar refractivity (Wildman–Crippen MR) is 79.4 cm³/mol. The van der Waals surface area contributed by atoms with E-state index in [-0.39, 0.29) is 0 Å². The molecule has 5 heteroatoms. The summed E-state index contributed by atoms with van der Waals surface area (Å²) in [5.41, 5.74) is 2.16. The van der Waals surface area contributed by atoms with Crippen molar-refractivity contribution in [3.63, 3.8) is 0 Å². The summed E-state index contributed by atoms with van der Waals surface area (Å²) in [4.78, 5) is 10.7. The molecule has 0 radical (unpaired) electrons. The number of fused-ring (bicyclic) bond motifs is 1. The summed E-state index contributed by atoms with van der Waals surface area (Å²) in [7, 11) is 0. The molecule has 0 spiro atoms. The zero-order valence-electron chi connectivity index (χ0n) is 11.3. The minimum absolute atomic E-state index is 0.538. The summed E-state index contributed by atoms with van der Waals surface area (Å²) in [5.74, 6) is 1.86. The zero-order chi connectivity index (χ0) is 13.9. The highest BCUT2D eigenvalue weighted by atomic mass is 35.5. The lowest BCUT2D eigenvalue weighted by atomic mass is 10.1. The summed E-state index contributed by atoms with van der Waals surface area (Å²) in [6, 6.07) is 8.11. The van der Waals surface area contributed by atoms with Gasteiger partial charge in [0.2, 0.25) is 0 Å². The van der Waals surface area contributed by atoms with Gasteiger partial charge in [-0.15, -0.1) is 0 Å². The van der Waals surface area contributed by atoms with Gasteiger partial charge in [0, 0.05) is 17.7 Å². The molecule has 0 atom stereocenters. The molecule has 0 unspecified atom stereocenters. The monoisotopic (exact) mass is 289 g/mol. The lowest BCUT2D eigenvalue weighted by molar-refractivity contribution is 0.331. The SMILES string of the molecule is CCc1c(Cl)ncnc1N1CCOc2ccccc2C1. The highest BCUT2D eigenvalue weighted by Crippen LogP contribution is 2.29. The standard InChI is InChI=1S/C15H16ClN3O/c1-2-12-14(16)17-10-18-15(12)19-7-8-20-13-6-4-3-5-11(13)9-19/h3-6,10H,2,7-9H2,1H3. The Bertz CT molecular complexity index is 618. The first-order chi connectivity index (χ1) is 9.79. The Morgan fingerprint density at radius 3 is 3.00 bits per heavy atom. The summed E-state index contributed by atoms with van der Waals surface area (Å²) in [5, 5.41) is 0.538. The number of benzene rings is 1. The lowest BCUT2D eigenvalue weighted by Gasteiger charge is -2.23. The van der Waals surface area contributed by atoms with Crippen LogP contribution < -0.4 is 9.64 Å². The van der Waals surface area contributed by atoms with E-state index in [0.717, 1.165) is 36.6 Å². The van der Waals surface area contributed by atoms with Gasteiger partial charge in [-0.1, -0.05) is 36.7 Å². The molecule has 2 heterocycles. The fraction of sp³-hybridized carbons (Fsp3) is 0.333. The summed E-state index contributed by atoms with van der Waals surface area (Å²) in [6.45, 7) is 4.27. The van der Waals surface area contributed by atoms with Gasteiger partial charge in [0.1, 0.15) is 29.7 Å². The maximum atomic E-state index is 6.18. The maximum absolute atomic E-state index is 6.18. The lowest BCUT2D eigenvalue weighted by Crippen LogP contribution is -2.27. The van der Waals surface area contributed by atoms with Crippen LogP contribution >= 0.6 is 11.6 Å².